The SMILES string of the molecule is CCC(C(C)C)n1nnnc1-c1cc(Br)cc(N)c1C. The third-order valence-corrected chi connectivity index (χ3v) is 4.11. The molecule has 0 aliphatic carbocycles. The van der Waals surface area contributed by atoms with E-state index in [-0.39, 0.29) is 6.04 Å². The number of anilines is 1. The zero-order valence-corrected chi connectivity index (χ0v) is 13.8. The van der Waals surface area contributed by atoms with E-state index in [9.17, 15) is 0 Å². The summed E-state index contributed by atoms with van der Waals surface area (Å²) in [5.74, 6) is 1.24. The molecule has 20 heavy (non-hydrogen) atoms. The van der Waals surface area contributed by atoms with Crippen LogP contribution in [0, 0.1) is 12.8 Å². The van der Waals surface area contributed by atoms with E-state index < -0.39 is 0 Å². The molecule has 1 aromatic heterocycles. The van der Waals surface area contributed by atoms with Crippen LogP contribution in [0.25, 0.3) is 11.4 Å². The van der Waals surface area contributed by atoms with Crippen LogP contribution in [0.15, 0.2) is 16.6 Å². The van der Waals surface area contributed by atoms with E-state index in [1.165, 1.54) is 0 Å². The van der Waals surface area contributed by atoms with Crippen molar-refractivity contribution >= 4 is 21.6 Å². The van der Waals surface area contributed by atoms with E-state index in [1.54, 1.807) is 0 Å². The Hall–Kier alpha value is -1.43. The monoisotopic (exact) mass is 337 g/mol. The van der Waals surface area contributed by atoms with Crippen molar-refractivity contribution in [1.29, 1.82) is 0 Å². The van der Waals surface area contributed by atoms with Crippen LogP contribution in [0.5, 0.6) is 0 Å². The maximum absolute atomic E-state index is 6.04. The number of rotatable bonds is 4. The molecular formula is C14H20BrN5. The molecule has 1 heterocycles. The van der Waals surface area contributed by atoms with Gasteiger partial charge in [0, 0.05) is 15.7 Å². The Bertz CT molecular complexity index is 606. The highest BCUT2D eigenvalue weighted by molar-refractivity contribution is 9.10. The first-order chi connectivity index (χ1) is 9.45. The molecule has 1 unspecified atom stereocenters. The molecule has 0 amide bonds. The van der Waals surface area contributed by atoms with Crippen LogP contribution in [-0.2, 0) is 0 Å². The minimum Gasteiger partial charge on any atom is -0.398 e. The lowest BCUT2D eigenvalue weighted by atomic mass is 10.0. The first-order valence-corrected chi connectivity index (χ1v) is 7.58. The zero-order valence-electron chi connectivity index (χ0n) is 12.3. The van der Waals surface area contributed by atoms with Crippen molar-refractivity contribution in [3.63, 3.8) is 0 Å². The number of nitrogens with two attached hydrogens (primary N) is 1. The highest BCUT2D eigenvalue weighted by Crippen LogP contribution is 2.32. The van der Waals surface area contributed by atoms with Gasteiger partial charge in [0.1, 0.15) is 0 Å². The lowest BCUT2D eigenvalue weighted by molar-refractivity contribution is 0.333. The Balaban J connectivity index is 2.58. The minimum absolute atomic E-state index is 0.277. The van der Waals surface area contributed by atoms with Crippen molar-refractivity contribution < 1.29 is 0 Å². The third-order valence-electron chi connectivity index (χ3n) is 3.65. The van der Waals surface area contributed by atoms with Crippen LogP contribution >= 0.6 is 15.9 Å². The molecule has 2 aromatic rings. The lowest BCUT2D eigenvalue weighted by Gasteiger charge is -2.21. The van der Waals surface area contributed by atoms with Crippen molar-refractivity contribution in [3.05, 3.63) is 22.2 Å². The van der Waals surface area contributed by atoms with Gasteiger partial charge >= 0.3 is 0 Å². The Labute approximate surface area is 127 Å². The second-order valence-corrected chi connectivity index (χ2v) is 6.25. The lowest BCUT2D eigenvalue weighted by Crippen LogP contribution is -2.17. The van der Waals surface area contributed by atoms with Gasteiger partial charge in [-0.15, -0.1) is 5.10 Å². The van der Waals surface area contributed by atoms with E-state index in [0.717, 1.165) is 33.5 Å². The molecule has 0 fully saturated rings. The fourth-order valence-corrected chi connectivity index (χ4v) is 2.93. The van der Waals surface area contributed by atoms with Crippen LogP contribution in [0.2, 0.25) is 0 Å². The van der Waals surface area contributed by atoms with Gasteiger partial charge in [-0.1, -0.05) is 36.7 Å². The van der Waals surface area contributed by atoms with Crippen LogP contribution in [0.4, 0.5) is 5.69 Å². The summed E-state index contributed by atoms with van der Waals surface area (Å²) in [6.07, 6.45) is 0.984. The number of hydrogen-bond donors (Lipinski definition) is 1. The van der Waals surface area contributed by atoms with Gasteiger partial charge in [-0.25, -0.2) is 4.68 Å². The van der Waals surface area contributed by atoms with Crippen molar-refractivity contribution in [3.8, 4) is 11.4 Å². The number of nitrogen functional groups attached to an aromatic ring is 1. The van der Waals surface area contributed by atoms with Gasteiger partial charge in [-0.05, 0) is 47.4 Å². The molecule has 2 rings (SSSR count). The summed E-state index contributed by atoms with van der Waals surface area (Å²) in [6, 6.07) is 4.19. The van der Waals surface area contributed by atoms with Gasteiger partial charge < -0.3 is 5.73 Å². The second-order valence-electron chi connectivity index (χ2n) is 5.33. The standard InChI is InChI=1S/C14H20BrN5/c1-5-13(8(2)3)20-14(17-18-19-20)11-6-10(15)7-12(16)9(11)4/h6-8,13H,5,16H2,1-4H3. The van der Waals surface area contributed by atoms with Crippen molar-refractivity contribution in [2.45, 2.75) is 40.2 Å². The number of nitrogens with zero attached hydrogens (tertiary/aromatic N) is 4. The molecule has 0 saturated heterocycles. The highest BCUT2D eigenvalue weighted by Gasteiger charge is 2.21. The van der Waals surface area contributed by atoms with Crippen LogP contribution in [-0.4, -0.2) is 20.2 Å². The largest absolute Gasteiger partial charge is 0.398 e. The predicted octanol–water partition coefficient (Wildman–Crippen LogP) is 3.60. The summed E-state index contributed by atoms with van der Waals surface area (Å²) in [5, 5.41) is 12.2. The topological polar surface area (TPSA) is 69.6 Å². The summed E-state index contributed by atoms with van der Waals surface area (Å²) in [6.45, 7) is 8.51. The Morgan fingerprint density at radius 2 is 2.05 bits per heavy atom. The van der Waals surface area contributed by atoms with E-state index in [4.69, 9.17) is 5.73 Å². The first-order valence-electron chi connectivity index (χ1n) is 6.79. The normalized spacial score (nSPS) is 12.9. The summed E-state index contributed by atoms with van der Waals surface area (Å²) in [4.78, 5) is 0. The van der Waals surface area contributed by atoms with Gasteiger partial charge in [0.15, 0.2) is 5.82 Å². The molecule has 0 saturated carbocycles. The molecule has 0 aliphatic rings. The van der Waals surface area contributed by atoms with Gasteiger partial charge in [0.05, 0.1) is 6.04 Å². The Morgan fingerprint density at radius 1 is 1.35 bits per heavy atom. The highest BCUT2D eigenvalue weighted by atomic mass is 79.9. The first kappa shape index (κ1) is 15.0. The van der Waals surface area contributed by atoms with Crippen molar-refractivity contribution in [2.24, 2.45) is 5.92 Å². The Kier molecular flexibility index (Phi) is 4.42. The maximum Gasteiger partial charge on any atom is 0.182 e. The van der Waals surface area contributed by atoms with E-state index >= 15 is 0 Å². The summed E-state index contributed by atoms with van der Waals surface area (Å²) in [7, 11) is 0. The van der Waals surface area contributed by atoms with Gasteiger partial charge in [-0.3, -0.25) is 0 Å². The van der Waals surface area contributed by atoms with Gasteiger partial charge in [-0.2, -0.15) is 0 Å². The molecule has 108 valence electrons. The minimum atomic E-state index is 0.277. The van der Waals surface area contributed by atoms with E-state index in [2.05, 4.69) is 52.2 Å². The van der Waals surface area contributed by atoms with Gasteiger partial charge in [0.2, 0.25) is 0 Å². The quantitative estimate of drug-likeness (QED) is 0.865. The van der Waals surface area contributed by atoms with Crippen molar-refractivity contribution in [2.75, 3.05) is 5.73 Å². The molecule has 5 nitrogen and oxygen atoms in total. The fourth-order valence-electron chi connectivity index (χ4n) is 2.45. The van der Waals surface area contributed by atoms with Crippen molar-refractivity contribution in [1.82, 2.24) is 20.2 Å². The van der Waals surface area contributed by atoms with Gasteiger partial charge in [0.25, 0.3) is 0 Å². The maximum atomic E-state index is 6.04. The number of benzene rings is 1. The summed E-state index contributed by atoms with van der Waals surface area (Å²) >= 11 is 3.48. The molecule has 6 heteroatoms. The zero-order chi connectivity index (χ0) is 14.9. The second kappa shape index (κ2) is 5.91. The smallest absolute Gasteiger partial charge is 0.182 e. The molecule has 0 bridgehead atoms. The molecule has 0 radical (unpaired) electrons. The van der Waals surface area contributed by atoms with Crippen LogP contribution < -0.4 is 5.73 Å². The van der Waals surface area contributed by atoms with Crippen LogP contribution in [0.3, 0.4) is 0 Å². The molecule has 1 aromatic carbocycles. The number of halogens is 1. The number of aromatic nitrogens is 4. The average molecular weight is 338 g/mol. The molecule has 0 aliphatic heterocycles. The summed E-state index contributed by atoms with van der Waals surface area (Å²) < 4.78 is 2.85. The summed E-state index contributed by atoms with van der Waals surface area (Å²) in [5.41, 5.74) is 8.75. The third kappa shape index (κ3) is 2.70. The number of hydrogen-bond acceptors (Lipinski definition) is 4. The van der Waals surface area contributed by atoms with E-state index in [1.807, 2.05) is 23.7 Å². The molecular weight excluding hydrogens is 318 g/mol. The molecule has 0 spiro atoms. The number of tetrazole rings is 1. The predicted molar refractivity (Wildman–Crippen MR) is 84.3 cm³/mol. The van der Waals surface area contributed by atoms with Crippen LogP contribution in [0.1, 0.15) is 38.8 Å². The fraction of sp³-hybridized carbons (Fsp3) is 0.500. The van der Waals surface area contributed by atoms with E-state index in [0.29, 0.717) is 5.92 Å². The Morgan fingerprint density at radius 3 is 2.65 bits per heavy atom. The average Bonchev–Trinajstić information content (AvgIpc) is 2.83. The molecule has 1 atom stereocenters. The molecule has 2 N–H and O–H groups in total.